The lowest BCUT2D eigenvalue weighted by atomic mass is 10.1. The van der Waals surface area contributed by atoms with Crippen molar-refractivity contribution in [3.63, 3.8) is 0 Å². The van der Waals surface area contributed by atoms with Crippen LogP contribution in [0, 0.1) is 13.8 Å². The second-order valence-corrected chi connectivity index (χ2v) is 4.06. The molecule has 1 N–H and O–H groups in total. The minimum absolute atomic E-state index is 1.07. The summed E-state index contributed by atoms with van der Waals surface area (Å²) in [6.45, 7) is 4.16. The molecule has 3 aromatic rings. The Labute approximate surface area is 88.0 Å². The fourth-order valence-electron chi connectivity index (χ4n) is 2.05. The van der Waals surface area contributed by atoms with Gasteiger partial charge in [-0.05, 0) is 31.5 Å². The maximum Gasteiger partial charge on any atom is 0.0712 e. The summed E-state index contributed by atoms with van der Waals surface area (Å²) >= 11 is 0. The fourth-order valence-corrected chi connectivity index (χ4v) is 2.05. The van der Waals surface area contributed by atoms with Crippen LogP contribution in [0.25, 0.3) is 21.8 Å². The van der Waals surface area contributed by atoms with E-state index in [2.05, 4.69) is 48.1 Å². The zero-order chi connectivity index (χ0) is 10.4. The summed E-state index contributed by atoms with van der Waals surface area (Å²) in [6, 6.07) is 8.57. The van der Waals surface area contributed by atoms with Crippen LogP contribution in [0.4, 0.5) is 0 Å². The van der Waals surface area contributed by atoms with E-state index in [0.717, 1.165) is 11.0 Å². The van der Waals surface area contributed by atoms with E-state index >= 15 is 0 Å². The molecule has 0 radical (unpaired) electrons. The molecule has 0 saturated heterocycles. The van der Waals surface area contributed by atoms with E-state index in [9.17, 15) is 0 Å². The monoisotopic (exact) mass is 196 g/mol. The Morgan fingerprint density at radius 1 is 1.07 bits per heavy atom. The Balaban J connectivity index is 2.53. The van der Waals surface area contributed by atoms with Crippen molar-refractivity contribution in [3.8, 4) is 0 Å². The molecule has 0 bridgehead atoms. The van der Waals surface area contributed by atoms with Crippen LogP contribution < -0.4 is 0 Å². The van der Waals surface area contributed by atoms with E-state index in [4.69, 9.17) is 0 Å². The normalized spacial score (nSPS) is 11.3. The van der Waals surface area contributed by atoms with Gasteiger partial charge in [-0.15, -0.1) is 0 Å². The third-order valence-electron chi connectivity index (χ3n) is 2.76. The average molecular weight is 196 g/mol. The average Bonchev–Trinajstić information content (AvgIpc) is 2.58. The van der Waals surface area contributed by atoms with Crippen molar-refractivity contribution in [1.82, 2.24) is 9.97 Å². The van der Waals surface area contributed by atoms with Gasteiger partial charge in [0.2, 0.25) is 0 Å². The number of nitrogens with one attached hydrogen (secondary N) is 1. The van der Waals surface area contributed by atoms with E-state index in [1.165, 1.54) is 22.0 Å². The molecule has 2 heteroatoms. The van der Waals surface area contributed by atoms with Crippen LogP contribution in [-0.4, -0.2) is 9.97 Å². The summed E-state index contributed by atoms with van der Waals surface area (Å²) in [5.41, 5.74) is 4.62. The molecule has 1 aromatic carbocycles. The number of aromatic amines is 1. The highest BCUT2D eigenvalue weighted by Gasteiger charge is 2.03. The Morgan fingerprint density at radius 2 is 1.93 bits per heavy atom. The van der Waals surface area contributed by atoms with Crippen LogP contribution in [0.3, 0.4) is 0 Å². The van der Waals surface area contributed by atoms with Gasteiger partial charge in [0.15, 0.2) is 0 Å². The van der Waals surface area contributed by atoms with E-state index in [-0.39, 0.29) is 0 Å². The minimum Gasteiger partial charge on any atom is -0.357 e. The summed E-state index contributed by atoms with van der Waals surface area (Å²) in [5, 5.41) is 2.49. The Morgan fingerprint density at radius 3 is 2.80 bits per heavy atom. The van der Waals surface area contributed by atoms with Crippen molar-refractivity contribution >= 4 is 21.8 Å². The molecule has 0 fully saturated rings. The third-order valence-corrected chi connectivity index (χ3v) is 2.76. The highest BCUT2D eigenvalue weighted by Crippen LogP contribution is 2.24. The molecule has 2 nitrogen and oxygen atoms in total. The number of benzene rings is 1. The van der Waals surface area contributed by atoms with Crippen molar-refractivity contribution in [2.45, 2.75) is 13.8 Å². The highest BCUT2D eigenvalue weighted by molar-refractivity contribution is 6.04. The van der Waals surface area contributed by atoms with Crippen molar-refractivity contribution in [1.29, 1.82) is 0 Å². The zero-order valence-electron chi connectivity index (χ0n) is 8.83. The van der Waals surface area contributed by atoms with Gasteiger partial charge in [0, 0.05) is 16.5 Å². The summed E-state index contributed by atoms with van der Waals surface area (Å²) in [5.74, 6) is 0. The third kappa shape index (κ3) is 1.22. The Hall–Kier alpha value is -1.83. The molecule has 0 unspecified atom stereocenters. The molecule has 2 heterocycles. The smallest absolute Gasteiger partial charge is 0.0712 e. The number of aromatic nitrogens is 2. The summed E-state index contributed by atoms with van der Waals surface area (Å²) < 4.78 is 0. The SMILES string of the molecule is Cc1ccc2c(c1)ncc1[nH]c(C)cc12. The minimum atomic E-state index is 1.07. The van der Waals surface area contributed by atoms with Gasteiger partial charge in [-0.2, -0.15) is 0 Å². The van der Waals surface area contributed by atoms with Crippen LogP contribution in [0.1, 0.15) is 11.3 Å². The van der Waals surface area contributed by atoms with Crippen LogP contribution in [0.5, 0.6) is 0 Å². The molecule has 0 aliphatic carbocycles. The van der Waals surface area contributed by atoms with Gasteiger partial charge in [-0.1, -0.05) is 12.1 Å². The number of H-pyrrole nitrogens is 1. The van der Waals surface area contributed by atoms with Crippen molar-refractivity contribution < 1.29 is 0 Å². The number of aryl methyl sites for hydroxylation is 2. The van der Waals surface area contributed by atoms with Gasteiger partial charge in [0.1, 0.15) is 0 Å². The van der Waals surface area contributed by atoms with Crippen molar-refractivity contribution in [3.05, 3.63) is 41.7 Å². The molecule has 2 aromatic heterocycles. The first-order valence-corrected chi connectivity index (χ1v) is 5.09. The van der Waals surface area contributed by atoms with Gasteiger partial charge in [-0.25, -0.2) is 0 Å². The molecule has 0 aliphatic rings. The maximum absolute atomic E-state index is 4.45. The van der Waals surface area contributed by atoms with Gasteiger partial charge < -0.3 is 4.98 Å². The second-order valence-electron chi connectivity index (χ2n) is 4.06. The molecule has 0 atom stereocenters. The molecule has 74 valence electrons. The lowest BCUT2D eigenvalue weighted by molar-refractivity contribution is 1.29. The van der Waals surface area contributed by atoms with Gasteiger partial charge in [0.05, 0.1) is 17.2 Å². The topological polar surface area (TPSA) is 28.7 Å². The fraction of sp³-hybridized carbons (Fsp3) is 0.154. The maximum atomic E-state index is 4.45. The van der Waals surface area contributed by atoms with E-state index in [1.54, 1.807) is 0 Å². The molecule has 0 aliphatic heterocycles. The van der Waals surface area contributed by atoms with Crippen molar-refractivity contribution in [2.24, 2.45) is 0 Å². The van der Waals surface area contributed by atoms with E-state index in [0.29, 0.717) is 0 Å². The van der Waals surface area contributed by atoms with Crippen molar-refractivity contribution in [2.75, 3.05) is 0 Å². The van der Waals surface area contributed by atoms with Crippen LogP contribution in [0.15, 0.2) is 30.5 Å². The van der Waals surface area contributed by atoms with Gasteiger partial charge >= 0.3 is 0 Å². The largest absolute Gasteiger partial charge is 0.357 e. The van der Waals surface area contributed by atoms with Crippen LogP contribution in [-0.2, 0) is 0 Å². The molecule has 0 amide bonds. The second kappa shape index (κ2) is 2.83. The van der Waals surface area contributed by atoms with Crippen LogP contribution >= 0.6 is 0 Å². The van der Waals surface area contributed by atoms with Gasteiger partial charge in [-0.3, -0.25) is 4.98 Å². The standard InChI is InChI=1S/C13H12N2/c1-8-3-4-10-11-6-9(2)15-13(11)7-14-12(10)5-8/h3-7,15H,1-2H3. The summed E-state index contributed by atoms with van der Waals surface area (Å²) in [7, 11) is 0. The Bertz CT molecular complexity index is 650. The predicted molar refractivity (Wildman–Crippen MR) is 63.1 cm³/mol. The predicted octanol–water partition coefficient (Wildman–Crippen LogP) is 3.33. The quantitative estimate of drug-likeness (QED) is 0.587. The lowest BCUT2D eigenvalue weighted by Crippen LogP contribution is -1.81. The number of fused-ring (bicyclic) bond motifs is 3. The molecular weight excluding hydrogens is 184 g/mol. The number of pyridine rings is 1. The first kappa shape index (κ1) is 8.48. The number of rotatable bonds is 0. The molecular formula is C13H12N2. The highest BCUT2D eigenvalue weighted by atomic mass is 14.8. The molecule has 15 heavy (non-hydrogen) atoms. The molecule has 0 saturated carbocycles. The first-order valence-electron chi connectivity index (χ1n) is 5.09. The van der Waals surface area contributed by atoms with E-state index < -0.39 is 0 Å². The number of hydrogen-bond donors (Lipinski definition) is 1. The summed E-state index contributed by atoms with van der Waals surface area (Å²) in [4.78, 5) is 7.75. The van der Waals surface area contributed by atoms with Gasteiger partial charge in [0.25, 0.3) is 0 Å². The van der Waals surface area contributed by atoms with Crippen LogP contribution in [0.2, 0.25) is 0 Å². The summed E-state index contributed by atoms with van der Waals surface area (Å²) in [6.07, 6.45) is 1.91. The zero-order valence-corrected chi connectivity index (χ0v) is 8.83. The number of nitrogens with zero attached hydrogens (tertiary/aromatic N) is 1. The Kier molecular flexibility index (Phi) is 1.60. The molecule has 3 rings (SSSR count). The molecule has 0 spiro atoms. The number of hydrogen-bond acceptors (Lipinski definition) is 1. The first-order chi connectivity index (χ1) is 7.24. The lowest BCUT2D eigenvalue weighted by Gasteiger charge is -1.99. The van der Waals surface area contributed by atoms with E-state index in [1.807, 2.05) is 6.20 Å².